The molecule has 27 heavy (non-hydrogen) atoms. The molecule has 0 radical (unpaired) electrons. The summed E-state index contributed by atoms with van der Waals surface area (Å²) in [6, 6.07) is 10.9. The highest BCUT2D eigenvalue weighted by Gasteiger charge is 2.35. The van der Waals surface area contributed by atoms with Crippen LogP contribution >= 0.6 is 0 Å². The van der Waals surface area contributed by atoms with Gasteiger partial charge in [-0.25, -0.2) is 9.80 Å². The Balaban J connectivity index is 1.60. The van der Waals surface area contributed by atoms with Crippen molar-refractivity contribution < 1.29 is 19.1 Å². The number of rotatable bonds is 5. The number of benzene rings is 1. The smallest absolute Gasteiger partial charge is 0.355 e. The summed E-state index contributed by atoms with van der Waals surface area (Å²) >= 11 is 0. The van der Waals surface area contributed by atoms with Crippen LogP contribution < -0.4 is 10.3 Å². The van der Waals surface area contributed by atoms with Gasteiger partial charge in [0.15, 0.2) is 6.61 Å². The Morgan fingerprint density at radius 2 is 1.93 bits per heavy atom. The Hall–Kier alpha value is -3.21. The van der Waals surface area contributed by atoms with Gasteiger partial charge in [-0.2, -0.15) is 10.4 Å². The van der Waals surface area contributed by atoms with Crippen molar-refractivity contribution in [1.29, 1.82) is 5.26 Å². The maximum atomic E-state index is 12.2. The molecule has 1 fully saturated rings. The quantitative estimate of drug-likeness (QED) is 0.795. The van der Waals surface area contributed by atoms with E-state index in [-0.39, 0.29) is 24.5 Å². The van der Waals surface area contributed by atoms with Gasteiger partial charge in [0, 0.05) is 12.8 Å². The molecule has 8 heteroatoms. The fourth-order valence-electron chi connectivity index (χ4n) is 3.23. The van der Waals surface area contributed by atoms with E-state index in [9.17, 15) is 19.6 Å². The van der Waals surface area contributed by atoms with Crippen molar-refractivity contribution in [2.24, 2.45) is 5.10 Å². The Bertz CT molecular complexity index is 807. The Morgan fingerprint density at radius 1 is 1.22 bits per heavy atom. The molecule has 3 rings (SSSR count). The third-order valence-electron chi connectivity index (χ3n) is 4.65. The average molecular weight is 368 g/mol. The predicted molar refractivity (Wildman–Crippen MR) is 96.5 cm³/mol. The lowest BCUT2D eigenvalue weighted by atomic mass is 10.00. The second-order valence-electron chi connectivity index (χ2n) is 6.61. The monoisotopic (exact) mass is 368 g/mol. The lowest BCUT2D eigenvalue weighted by Gasteiger charge is -2.23. The number of para-hydroxylation sites is 1. The van der Waals surface area contributed by atoms with Crippen LogP contribution in [-0.4, -0.2) is 35.6 Å². The molecule has 2 aliphatic rings. The van der Waals surface area contributed by atoms with E-state index in [1.165, 1.54) is 5.01 Å². The van der Waals surface area contributed by atoms with Crippen LogP contribution in [0.25, 0.3) is 0 Å². The molecule has 8 nitrogen and oxygen atoms in total. The zero-order valence-corrected chi connectivity index (χ0v) is 14.8. The van der Waals surface area contributed by atoms with Gasteiger partial charge in [-0.1, -0.05) is 18.2 Å². The molecule has 0 bridgehead atoms. The topological polar surface area (TPSA) is 112 Å². The van der Waals surface area contributed by atoms with Gasteiger partial charge in [0.1, 0.15) is 11.3 Å². The number of nitriles is 1. The molecule has 1 heterocycles. The summed E-state index contributed by atoms with van der Waals surface area (Å²) in [5.41, 5.74) is -0.216. The highest BCUT2D eigenvalue weighted by molar-refractivity contribution is 6.38. The first-order chi connectivity index (χ1) is 13.0. The number of carbonyl (C=O) groups is 3. The molecule has 1 aromatic carbocycles. The summed E-state index contributed by atoms with van der Waals surface area (Å²) in [7, 11) is 0. The molecular formula is C19H20N4O4. The molecular weight excluding hydrogens is 348 g/mol. The first-order valence-electron chi connectivity index (χ1n) is 8.88. The highest BCUT2D eigenvalue weighted by atomic mass is 16.5. The van der Waals surface area contributed by atoms with Crippen molar-refractivity contribution in [2.45, 2.75) is 44.1 Å². The summed E-state index contributed by atoms with van der Waals surface area (Å²) in [6.07, 6.45) is 3.26. The third-order valence-corrected chi connectivity index (χ3v) is 4.65. The SMILES string of the molecule is N#CC1(NC(=O)COC(=O)C2=NN(c3ccccc3)C(=O)CC2)CCCC1. The molecule has 0 atom stereocenters. The molecule has 1 N–H and O–H groups in total. The van der Waals surface area contributed by atoms with Crippen LogP contribution in [0.4, 0.5) is 5.69 Å². The largest absolute Gasteiger partial charge is 0.451 e. The first kappa shape index (κ1) is 18.6. The zero-order chi connectivity index (χ0) is 19.3. The van der Waals surface area contributed by atoms with Crippen LogP contribution in [-0.2, 0) is 19.1 Å². The molecule has 140 valence electrons. The van der Waals surface area contributed by atoms with Gasteiger partial charge in [-0.15, -0.1) is 0 Å². The lowest BCUT2D eigenvalue weighted by Crippen LogP contribution is -2.47. The predicted octanol–water partition coefficient (Wildman–Crippen LogP) is 1.67. The third kappa shape index (κ3) is 4.31. The first-order valence-corrected chi connectivity index (χ1v) is 8.88. The van der Waals surface area contributed by atoms with E-state index in [0.29, 0.717) is 18.5 Å². The molecule has 0 unspecified atom stereocenters. The highest BCUT2D eigenvalue weighted by Crippen LogP contribution is 2.28. The number of nitrogens with zero attached hydrogens (tertiary/aromatic N) is 3. The van der Waals surface area contributed by atoms with Gasteiger partial charge in [0.05, 0.1) is 11.8 Å². The summed E-state index contributed by atoms with van der Waals surface area (Å²) in [6.45, 7) is -0.486. The Labute approximate surface area is 156 Å². The number of hydrogen-bond donors (Lipinski definition) is 1. The number of esters is 1. The second-order valence-corrected chi connectivity index (χ2v) is 6.61. The molecule has 0 aromatic heterocycles. The van der Waals surface area contributed by atoms with Gasteiger partial charge in [-0.3, -0.25) is 9.59 Å². The van der Waals surface area contributed by atoms with Gasteiger partial charge in [-0.05, 0) is 37.8 Å². The van der Waals surface area contributed by atoms with Crippen molar-refractivity contribution >= 4 is 29.2 Å². The van der Waals surface area contributed by atoms with E-state index in [1.807, 2.05) is 6.07 Å². The summed E-state index contributed by atoms with van der Waals surface area (Å²) in [5, 5.41) is 17.2. The van der Waals surface area contributed by atoms with E-state index in [2.05, 4.69) is 16.5 Å². The van der Waals surface area contributed by atoms with Gasteiger partial charge in [0.2, 0.25) is 5.91 Å². The minimum absolute atomic E-state index is 0.0853. The van der Waals surface area contributed by atoms with Crippen LogP contribution in [0.5, 0.6) is 0 Å². The minimum Gasteiger partial charge on any atom is -0.451 e. The summed E-state index contributed by atoms with van der Waals surface area (Å²) < 4.78 is 5.03. The van der Waals surface area contributed by atoms with E-state index in [4.69, 9.17) is 4.74 Å². The van der Waals surface area contributed by atoms with Crippen molar-refractivity contribution in [1.82, 2.24) is 5.32 Å². The minimum atomic E-state index is -0.859. The normalized spacial score (nSPS) is 18.4. The van der Waals surface area contributed by atoms with E-state index in [0.717, 1.165) is 12.8 Å². The number of amides is 2. The standard InChI is InChI=1S/C19H20N4O4/c20-13-19(10-4-5-11-19)21-16(24)12-27-18(26)15-8-9-17(25)23(22-15)14-6-2-1-3-7-14/h1-3,6-7H,4-5,8-12H2,(H,21,24). The maximum Gasteiger partial charge on any atom is 0.355 e. The number of hydrogen-bond acceptors (Lipinski definition) is 6. The van der Waals surface area contributed by atoms with E-state index < -0.39 is 24.0 Å². The van der Waals surface area contributed by atoms with Crippen LogP contribution in [0.1, 0.15) is 38.5 Å². The van der Waals surface area contributed by atoms with Gasteiger partial charge >= 0.3 is 5.97 Å². The Kier molecular flexibility index (Phi) is 5.50. The van der Waals surface area contributed by atoms with Crippen LogP contribution in [0.2, 0.25) is 0 Å². The summed E-state index contributed by atoms with van der Waals surface area (Å²) in [5.74, 6) is -1.47. The lowest BCUT2D eigenvalue weighted by molar-refractivity contribution is -0.142. The van der Waals surface area contributed by atoms with E-state index in [1.54, 1.807) is 24.3 Å². The number of hydrazone groups is 1. The second kappa shape index (κ2) is 7.99. The van der Waals surface area contributed by atoms with Crippen molar-refractivity contribution in [3.8, 4) is 6.07 Å². The Morgan fingerprint density at radius 3 is 2.59 bits per heavy atom. The molecule has 2 amide bonds. The number of nitrogens with one attached hydrogen (secondary N) is 1. The average Bonchev–Trinajstić information content (AvgIpc) is 3.16. The fraction of sp³-hybridized carbons (Fsp3) is 0.421. The van der Waals surface area contributed by atoms with Crippen molar-refractivity contribution in [3.63, 3.8) is 0 Å². The van der Waals surface area contributed by atoms with Crippen LogP contribution in [0.3, 0.4) is 0 Å². The van der Waals surface area contributed by atoms with Crippen LogP contribution in [0.15, 0.2) is 35.4 Å². The van der Waals surface area contributed by atoms with Crippen LogP contribution in [0, 0.1) is 11.3 Å². The van der Waals surface area contributed by atoms with Gasteiger partial charge < -0.3 is 10.1 Å². The van der Waals surface area contributed by atoms with Gasteiger partial charge in [0.25, 0.3) is 5.91 Å². The fourth-order valence-corrected chi connectivity index (χ4v) is 3.23. The zero-order valence-electron chi connectivity index (χ0n) is 14.8. The maximum absolute atomic E-state index is 12.2. The number of ether oxygens (including phenoxy) is 1. The van der Waals surface area contributed by atoms with E-state index >= 15 is 0 Å². The van der Waals surface area contributed by atoms with Crippen molar-refractivity contribution in [2.75, 3.05) is 11.6 Å². The number of anilines is 1. The number of carbonyl (C=O) groups excluding carboxylic acids is 3. The summed E-state index contributed by atoms with van der Waals surface area (Å²) in [4.78, 5) is 36.3. The molecule has 1 aliphatic carbocycles. The molecule has 0 spiro atoms. The molecule has 1 aliphatic heterocycles. The molecule has 0 saturated heterocycles. The van der Waals surface area contributed by atoms with Crippen molar-refractivity contribution in [3.05, 3.63) is 30.3 Å². The molecule has 1 aromatic rings. The molecule has 1 saturated carbocycles.